The normalized spacial score (nSPS) is 21.6. The van der Waals surface area contributed by atoms with Gasteiger partial charge in [0.2, 0.25) is 5.88 Å². The minimum absolute atomic E-state index is 0.134. The van der Waals surface area contributed by atoms with Gasteiger partial charge in [-0.3, -0.25) is 4.98 Å². The molecule has 1 aromatic heterocycles. The molecule has 2 N–H and O–H groups in total. The number of carbonyl (C=O) groups is 1. The number of aromatic nitrogens is 2. The smallest absolute Gasteiger partial charge is 0.477 e. The molecule has 3 heterocycles. The van der Waals surface area contributed by atoms with Gasteiger partial charge in [-0.25, -0.2) is 9.78 Å². The monoisotopic (exact) mass is 363 g/mol. The van der Waals surface area contributed by atoms with Crippen molar-refractivity contribution in [3.05, 3.63) is 18.6 Å². The molecule has 25 heavy (non-hydrogen) atoms. The molecule has 2 saturated heterocycles. The number of hydrogen-bond acceptors (Lipinski definition) is 6. The van der Waals surface area contributed by atoms with Crippen molar-refractivity contribution in [1.29, 1.82) is 0 Å². The minimum Gasteiger partial charge on any atom is -0.477 e. The molecule has 1 aromatic rings. The van der Waals surface area contributed by atoms with Crippen molar-refractivity contribution in [1.82, 2.24) is 15.3 Å². The second-order valence-electron chi connectivity index (χ2n) is 5.98. The molecule has 0 bridgehead atoms. The van der Waals surface area contributed by atoms with Gasteiger partial charge < -0.3 is 19.9 Å². The van der Waals surface area contributed by atoms with Gasteiger partial charge in [-0.2, -0.15) is 13.2 Å². The van der Waals surface area contributed by atoms with Gasteiger partial charge in [-0.15, -0.1) is 0 Å². The summed E-state index contributed by atoms with van der Waals surface area (Å²) < 4.78 is 43.2. The summed E-state index contributed by atoms with van der Waals surface area (Å²) in [5.74, 6) is -1.44. The van der Waals surface area contributed by atoms with Crippen LogP contribution in [0.3, 0.4) is 0 Å². The largest absolute Gasteiger partial charge is 0.490 e. The number of rotatable bonds is 4. The molecule has 1 unspecified atom stereocenters. The molecular formula is C15H20F3N3O4. The van der Waals surface area contributed by atoms with E-state index in [0.29, 0.717) is 18.4 Å². The van der Waals surface area contributed by atoms with Crippen LogP contribution in [0.5, 0.6) is 5.88 Å². The molecule has 10 heteroatoms. The molecule has 0 aromatic carbocycles. The maximum atomic E-state index is 10.6. The molecule has 0 saturated carbocycles. The Bertz CT molecular complexity index is 553. The van der Waals surface area contributed by atoms with Gasteiger partial charge >= 0.3 is 12.1 Å². The van der Waals surface area contributed by atoms with Gasteiger partial charge in [0.15, 0.2) is 0 Å². The van der Waals surface area contributed by atoms with Crippen molar-refractivity contribution in [2.45, 2.75) is 31.0 Å². The summed E-state index contributed by atoms with van der Waals surface area (Å²) in [5.41, 5.74) is 0.134. The number of hydrogen-bond donors (Lipinski definition) is 2. The molecule has 3 rings (SSSR count). The van der Waals surface area contributed by atoms with E-state index in [1.807, 2.05) is 0 Å². The second kappa shape index (κ2) is 8.43. The maximum Gasteiger partial charge on any atom is 0.490 e. The van der Waals surface area contributed by atoms with E-state index in [1.54, 1.807) is 18.6 Å². The average molecular weight is 363 g/mol. The van der Waals surface area contributed by atoms with E-state index < -0.39 is 12.1 Å². The van der Waals surface area contributed by atoms with Crippen LogP contribution in [0.2, 0.25) is 0 Å². The summed E-state index contributed by atoms with van der Waals surface area (Å²) >= 11 is 0. The van der Waals surface area contributed by atoms with Crippen LogP contribution in [0, 0.1) is 5.92 Å². The van der Waals surface area contributed by atoms with E-state index in [2.05, 4.69) is 15.3 Å². The molecular weight excluding hydrogens is 343 g/mol. The number of nitrogens with one attached hydrogen (secondary N) is 1. The van der Waals surface area contributed by atoms with Crippen molar-refractivity contribution < 1.29 is 32.5 Å². The van der Waals surface area contributed by atoms with Crippen molar-refractivity contribution in [3.8, 4) is 5.88 Å². The first-order valence-electron chi connectivity index (χ1n) is 7.84. The van der Waals surface area contributed by atoms with Gasteiger partial charge in [0.1, 0.15) is 0 Å². The van der Waals surface area contributed by atoms with Crippen LogP contribution in [-0.4, -0.2) is 59.1 Å². The molecule has 0 aliphatic carbocycles. The molecule has 140 valence electrons. The Morgan fingerprint density at radius 1 is 1.44 bits per heavy atom. The van der Waals surface area contributed by atoms with Crippen LogP contribution in [-0.2, 0) is 9.53 Å². The van der Waals surface area contributed by atoms with Crippen LogP contribution >= 0.6 is 0 Å². The predicted molar refractivity (Wildman–Crippen MR) is 80.1 cm³/mol. The summed E-state index contributed by atoms with van der Waals surface area (Å²) in [6.07, 6.45) is 3.25. The number of ether oxygens (including phenoxy) is 2. The molecule has 0 radical (unpaired) electrons. The number of halogens is 3. The van der Waals surface area contributed by atoms with Crippen LogP contribution in [0.1, 0.15) is 19.3 Å². The van der Waals surface area contributed by atoms with Crippen LogP contribution < -0.4 is 10.1 Å². The van der Waals surface area contributed by atoms with E-state index in [1.165, 1.54) is 0 Å². The summed E-state index contributed by atoms with van der Waals surface area (Å²) in [6, 6.07) is 0. The third kappa shape index (κ3) is 6.13. The van der Waals surface area contributed by atoms with Gasteiger partial charge in [0, 0.05) is 32.1 Å². The van der Waals surface area contributed by atoms with E-state index in [0.717, 1.165) is 39.0 Å². The third-order valence-corrected chi connectivity index (χ3v) is 4.05. The Balaban J connectivity index is 0.000000277. The maximum absolute atomic E-state index is 10.6. The number of nitrogens with zero attached hydrogens (tertiary/aromatic N) is 2. The molecule has 7 nitrogen and oxygen atoms in total. The molecule has 2 fully saturated rings. The first-order valence-corrected chi connectivity index (χ1v) is 7.84. The lowest BCUT2D eigenvalue weighted by atomic mass is 9.80. The predicted octanol–water partition coefficient (Wildman–Crippen LogP) is 1.65. The lowest BCUT2D eigenvalue weighted by Crippen LogP contribution is -2.63. The number of alkyl halides is 3. The van der Waals surface area contributed by atoms with Crippen molar-refractivity contribution >= 4 is 5.97 Å². The minimum atomic E-state index is -5.08. The Kier molecular flexibility index (Phi) is 6.54. The lowest BCUT2D eigenvalue weighted by Gasteiger charge is -2.47. The van der Waals surface area contributed by atoms with E-state index >= 15 is 0 Å². The zero-order chi connectivity index (χ0) is 18.3. The molecule has 0 amide bonds. The third-order valence-electron chi connectivity index (χ3n) is 4.05. The lowest BCUT2D eigenvalue weighted by molar-refractivity contribution is -0.192. The highest BCUT2D eigenvalue weighted by Crippen LogP contribution is 2.33. The SMILES string of the molecule is O=C(O)C(F)(F)F.c1cnc(OCCC2CCOC3(CNC3)C2)cn1. The van der Waals surface area contributed by atoms with Crippen LogP contribution in [0.25, 0.3) is 0 Å². The number of aliphatic carboxylic acids is 1. The molecule has 2 aliphatic heterocycles. The topological polar surface area (TPSA) is 93.6 Å². The zero-order valence-electron chi connectivity index (χ0n) is 13.5. The Hall–Kier alpha value is -1.94. The van der Waals surface area contributed by atoms with Gasteiger partial charge in [0.05, 0.1) is 18.4 Å². The fourth-order valence-corrected chi connectivity index (χ4v) is 2.72. The summed E-state index contributed by atoms with van der Waals surface area (Å²) in [4.78, 5) is 17.0. The fraction of sp³-hybridized carbons (Fsp3) is 0.667. The standard InChI is InChI=1S/C13H19N3O2.C2HF3O2/c1(5-17-12-8-14-3-4-16-12)11-2-6-18-13(7-11)9-15-10-13;3-2(4,5)1(6)7/h3-4,8,11,15H,1-2,5-7,9-10H2;(H,6,7). The highest BCUT2D eigenvalue weighted by molar-refractivity contribution is 5.73. The van der Waals surface area contributed by atoms with Gasteiger partial charge in [0.25, 0.3) is 0 Å². The highest BCUT2D eigenvalue weighted by Gasteiger charge is 2.42. The van der Waals surface area contributed by atoms with E-state index in [-0.39, 0.29) is 5.60 Å². The molecule has 2 aliphatic rings. The average Bonchev–Trinajstić information content (AvgIpc) is 2.54. The quantitative estimate of drug-likeness (QED) is 0.840. The van der Waals surface area contributed by atoms with Crippen LogP contribution in [0.4, 0.5) is 13.2 Å². The summed E-state index contributed by atoms with van der Waals surface area (Å²) in [6.45, 7) is 3.62. The van der Waals surface area contributed by atoms with E-state index in [9.17, 15) is 13.2 Å². The van der Waals surface area contributed by atoms with Crippen molar-refractivity contribution in [2.75, 3.05) is 26.3 Å². The van der Waals surface area contributed by atoms with Crippen LogP contribution in [0.15, 0.2) is 18.6 Å². The summed E-state index contributed by atoms with van der Waals surface area (Å²) in [7, 11) is 0. The van der Waals surface area contributed by atoms with Gasteiger partial charge in [-0.05, 0) is 25.2 Å². The molecule has 1 atom stereocenters. The Morgan fingerprint density at radius 3 is 2.68 bits per heavy atom. The number of carboxylic acids is 1. The zero-order valence-corrected chi connectivity index (χ0v) is 13.5. The summed E-state index contributed by atoms with van der Waals surface area (Å²) in [5, 5.41) is 10.4. The van der Waals surface area contributed by atoms with Crippen molar-refractivity contribution in [2.24, 2.45) is 5.92 Å². The number of carboxylic acid groups (broad SMARTS) is 1. The Labute approximate surface area is 142 Å². The second-order valence-corrected chi connectivity index (χ2v) is 5.98. The first-order chi connectivity index (χ1) is 11.8. The fourth-order valence-electron chi connectivity index (χ4n) is 2.72. The van der Waals surface area contributed by atoms with E-state index in [4.69, 9.17) is 19.4 Å². The molecule has 1 spiro atoms. The highest BCUT2D eigenvalue weighted by atomic mass is 19.4. The Morgan fingerprint density at radius 2 is 2.16 bits per heavy atom. The first kappa shape index (κ1) is 19.4. The van der Waals surface area contributed by atoms with Gasteiger partial charge in [-0.1, -0.05) is 0 Å². The van der Waals surface area contributed by atoms with Crippen molar-refractivity contribution in [3.63, 3.8) is 0 Å².